The predicted molar refractivity (Wildman–Crippen MR) is 110 cm³/mol. The molecule has 144 valence electrons. The topological polar surface area (TPSA) is 61.4 Å². The van der Waals surface area contributed by atoms with Gasteiger partial charge < -0.3 is 15.5 Å². The molecule has 2 aromatic rings. The van der Waals surface area contributed by atoms with Gasteiger partial charge in [0.15, 0.2) is 0 Å². The van der Waals surface area contributed by atoms with E-state index < -0.39 is 0 Å². The number of para-hydroxylation sites is 1. The Morgan fingerprint density at radius 3 is 2.41 bits per heavy atom. The zero-order chi connectivity index (χ0) is 19.4. The van der Waals surface area contributed by atoms with Crippen molar-refractivity contribution in [1.82, 2.24) is 10.2 Å². The van der Waals surface area contributed by atoms with Gasteiger partial charge in [0.2, 0.25) is 0 Å². The number of urea groups is 1. The predicted octanol–water partition coefficient (Wildman–Crippen LogP) is 4.89. The van der Waals surface area contributed by atoms with Gasteiger partial charge in [-0.15, -0.1) is 11.3 Å². The minimum atomic E-state index is -0.301. The molecular formula is C21H27N3O2S. The van der Waals surface area contributed by atoms with Crippen molar-refractivity contribution in [2.75, 3.05) is 18.4 Å². The first-order chi connectivity index (χ1) is 12.9. The summed E-state index contributed by atoms with van der Waals surface area (Å²) in [6, 6.07) is 10.8. The van der Waals surface area contributed by atoms with Crippen LogP contribution in [0.5, 0.6) is 0 Å². The number of benzene rings is 1. The van der Waals surface area contributed by atoms with Gasteiger partial charge >= 0.3 is 6.03 Å². The Kier molecular flexibility index (Phi) is 5.85. The second kappa shape index (κ2) is 8.13. The third-order valence-electron chi connectivity index (χ3n) is 4.77. The Morgan fingerprint density at radius 1 is 1.07 bits per heavy atom. The van der Waals surface area contributed by atoms with Gasteiger partial charge in [-0.2, -0.15) is 0 Å². The van der Waals surface area contributed by atoms with Gasteiger partial charge in [0, 0.05) is 18.0 Å². The van der Waals surface area contributed by atoms with Crippen LogP contribution in [0, 0.1) is 5.41 Å². The molecule has 2 heterocycles. The van der Waals surface area contributed by atoms with Crippen LogP contribution in [0.4, 0.5) is 10.5 Å². The maximum absolute atomic E-state index is 12.8. The molecule has 6 heteroatoms. The van der Waals surface area contributed by atoms with E-state index in [1.54, 1.807) is 23.5 Å². The number of hydrogen-bond donors (Lipinski definition) is 2. The van der Waals surface area contributed by atoms with Gasteiger partial charge in [-0.05, 0) is 41.8 Å². The number of carbonyl (C=O) groups is 2. The van der Waals surface area contributed by atoms with Gasteiger partial charge in [-0.3, -0.25) is 4.79 Å². The summed E-state index contributed by atoms with van der Waals surface area (Å²) in [5, 5.41) is 7.98. The van der Waals surface area contributed by atoms with E-state index in [1.807, 2.05) is 34.5 Å². The van der Waals surface area contributed by atoms with E-state index in [-0.39, 0.29) is 23.4 Å². The second-order valence-corrected chi connectivity index (χ2v) is 8.94. The molecule has 1 aliphatic heterocycles. The fourth-order valence-corrected chi connectivity index (χ4v) is 4.35. The standard InChI is InChI=1S/C21H27N3O2S/c1-21(2,3)18(17-11-8-14-27-17)23-20(26)22-16-10-5-4-9-15(16)19(25)24-12-6-7-13-24/h4-5,8-11,14,18H,6-7,12-13H2,1-3H3,(H2,22,23,26)/t18-/m1/s1. The van der Waals surface area contributed by atoms with Gasteiger partial charge in [0.05, 0.1) is 17.3 Å². The zero-order valence-corrected chi connectivity index (χ0v) is 16.9. The van der Waals surface area contributed by atoms with E-state index in [2.05, 4.69) is 31.4 Å². The summed E-state index contributed by atoms with van der Waals surface area (Å²) < 4.78 is 0. The van der Waals surface area contributed by atoms with E-state index in [9.17, 15) is 9.59 Å². The van der Waals surface area contributed by atoms with Crippen molar-refractivity contribution in [2.45, 2.75) is 39.7 Å². The molecule has 0 aliphatic carbocycles. The minimum absolute atomic E-state index is 0.0194. The smallest absolute Gasteiger partial charge is 0.319 e. The Labute approximate surface area is 164 Å². The summed E-state index contributed by atoms with van der Waals surface area (Å²) in [5.41, 5.74) is 0.955. The first kappa shape index (κ1) is 19.4. The van der Waals surface area contributed by atoms with Crippen LogP contribution < -0.4 is 10.6 Å². The van der Waals surface area contributed by atoms with Crippen LogP contribution in [0.1, 0.15) is 54.9 Å². The van der Waals surface area contributed by atoms with E-state index in [4.69, 9.17) is 0 Å². The van der Waals surface area contributed by atoms with Crippen molar-refractivity contribution in [3.8, 4) is 0 Å². The Bertz CT molecular complexity index is 790. The number of nitrogens with zero attached hydrogens (tertiary/aromatic N) is 1. The first-order valence-electron chi connectivity index (χ1n) is 9.35. The van der Waals surface area contributed by atoms with Crippen LogP contribution >= 0.6 is 11.3 Å². The van der Waals surface area contributed by atoms with Gasteiger partial charge in [0.25, 0.3) is 5.91 Å². The Balaban J connectivity index is 1.75. The van der Waals surface area contributed by atoms with Crippen molar-refractivity contribution in [3.63, 3.8) is 0 Å². The van der Waals surface area contributed by atoms with Gasteiger partial charge in [-0.25, -0.2) is 4.79 Å². The van der Waals surface area contributed by atoms with E-state index >= 15 is 0 Å². The molecule has 2 N–H and O–H groups in total. The normalized spacial score (nSPS) is 15.4. The molecule has 1 atom stereocenters. The Morgan fingerprint density at radius 2 is 1.78 bits per heavy atom. The van der Waals surface area contributed by atoms with Crippen LogP contribution in [-0.4, -0.2) is 29.9 Å². The van der Waals surface area contributed by atoms with E-state index in [1.165, 1.54) is 0 Å². The van der Waals surface area contributed by atoms with Crippen molar-refractivity contribution >= 4 is 29.0 Å². The average Bonchev–Trinajstić information content (AvgIpc) is 3.32. The lowest BCUT2D eigenvalue weighted by molar-refractivity contribution is 0.0794. The van der Waals surface area contributed by atoms with Crippen LogP contribution in [-0.2, 0) is 0 Å². The molecule has 1 saturated heterocycles. The summed E-state index contributed by atoms with van der Waals surface area (Å²) in [6.45, 7) is 7.86. The molecule has 0 bridgehead atoms. The highest BCUT2D eigenvalue weighted by atomic mass is 32.1. The third-order valence-corrected chi connectivity index (χ3v) is 5.71. The monoisotopic (exact) mass is 385 g/mol. The second-order valence-electron chi connectivity index (χ2n) is 7.96. The summed E-state index contributed by atoms with van der Waals surface area (Å²) in [7, 11) is 0. The van der Waals surface area contributed by atoms with Gasteiger partial charge in [0.1, 0.15) is 0 Å². The van der Waals surface area contributed by atoms with Gasteiger partial charge in [-0.1, -0.05) is 39.0 Å². The van der Waals surface area contributed by atoms with Crippen molar-refractivity contribution < 1.29 is 9.59 Å². The lowest BCUT2D eigenvalue weighted by Gasteiger charge is -2.31. The number of anilines is 1. The summed E-state index contributed by atoms with van der Waals surface area (Å²) in [4.78, 5) is 28.5. The number of rotatable bonds is 4. The molecule has 1 aliphatic rings. The molecule has 0 spiro atoms. The molecule has 1 aromatic carbocycles. The van der Waals surface area contributed by atoms with Crippen molar-refractivity contribution in [1.29, 1.82) is 0 Å². The lowest BCUT2D eigenvalue weighted by atomic mass is 9.86. The number of likely N-dealkylation sites (tertiary alicyclic amines) is 1. The fraction of sp³-hybridized carbons (Fsp3) is 0.429. The average molecular weight is 386 g/mol. The molecule has 3 amide bonds. The summed E-state index contributed by atoms with van der Waals surface area (Å²) >= 11 is 1.63. The number of carbonyl (C=O) groups excluding carboxylic acids is 2. The maximum atomic E-state index is 12.8. The number of nitrogens with one attached hydrogen (secondary N) is 2. The maximum Gasteiger partial charge on any atom is 0.319 e. The third kappa shape index (κ3) is 4.69. The number of hydrogen-bond acceptors (Lipinski definition) is 3. The first-order valence-corrected chi connectivity index (χ1v) is 10.2. The molecule has 0 unspecified atom stereocenters. The molecule has 0 saturated carbocycles. The molecule has 5 nitrogen and oxygen atoms in total. The Hall–Kier alpha value is -2.34. The van der Waals surface area contributed by atoms with E-state index in [0.29, 0.717) is 11.3 Å². The molecular weight excluding hydrogens is 358 g/mol. The molecule has 0 radical (unpaired) electrons. The minimum Gasteiger partial charge on any atom is -0.339 e. The van der Waals surface area contributed by atoms with Crippen LogP contribution in [0.15, 0.2) is 41.8 Å². The van der Waals surface area contributed by atoms with Crippen molar-refractivity contribution in [3.05, 3.63) is 52.2 Å². The highest BCUT2D eigenvalue weighted by molar-refractivity contribution is 7.10. The molecule has 27 heavy (non-hydrogen) atoms. The van der Waals surface area contributed by atoms with Crippen LogP contribution in [0.2, 0.25) is 0 Å². The zero-order valence-electron chi connectivity index (χ0n) is 16.1. The summed E-state index contributed by atoms with van der Waals surface area (Å²) in [6.07, 6.45) is 2.08. The highest BCUT2D eigenvalue weighted by Gasteiger charge is 2.29. The SMILES string of the molecule is CC(C)(C)[C@H](NC(=O)Nc1ccccc1C(=O)N1CCCC1)c1cccs1. The number of amides is 3. The highest BCUT2D eigenvalue weighted by Crippen LogP contribution is 2.35. The molecule has 1 aromatic heterocycles. The van der Waals surface area contributed by atoms with E-state index in [0.717, 1.165) is 30.8 Å². The fourth-order valence-electron chi connectivity index (χ4n) is 3.33. The van der Waals surface area contributed by atoms with Crippen LogP contribution in [0.25, 0.3) is 0 Å². The largest absolute Gasteiger partial charge is 0.339 e. The van der Waals surface area contributed by atoms with Crippen molar-refractivity contribution in [2.24, 2.45) is 5.41 Å². The number of thiophene rings is 1. The quantitative estimate of drug-likeness (QED) is 0.787. The lowest BCUT2D eigenvalue weighted by Crippen LogP contribution is -2.39. The summed E-state index contributed by atoms with van der Waals surface area (Å²) in [5.74, 6) is -0.0194. The molecule has 1 fully saturated rings. The molecule has 3 rings (SSSR count). The van der Waals surface area contributed by atoms with Crippen LogP contribution in [0.3, 0.4) is 0 Å².